The molecule has 2 N–H and O–H groups in total. The van der Waals surface area contributed by atoms with Crippen LogP contribution in [0.3, 0.4) is 0 Å². The molecule has 0 radical (unpaired) electrons. The molecule has 4 atom stereocenters. The lowest BCUT2D eigenvalue weighted by Crippen LogP contribution is -2.50. The summed E-state index contributed by atoms with van der Waals surface area (Å²) < 4.78 is 13.7. The number of hydrogen-bond acceptors (Lipinski definition) is 3. The van der Waals surface area contributed by atoms with Crippen molar-refractivity contribution in [2.75, 3.05) is 20.6 Å². The molecule has 1 aliphatic rings. The second-order valence-corrected chi connectivity index (χ2v) is 6.83. The number of nitrogens with zero attached hydrogens (tertiary/aromatic N) is 1. The smallest absolute Gasteiger partial charge is 0.127 e. The van der Waals surface area contributed by atoms with Crippen molar-refractivity contribution >= 4 is 0 Å². The van der Waals surface area contributed by atoms with Gasteiger partial charge in [0.25, 0.3) is 0 Å². The fourth-order valence-electron chi connectivity index (χ4n) is 3.71. The van der Waals surface area contributed by atoms with E-state index in [-0.39, 0.29) is 17.6 Å². The van der Waals surface area contributed by atoms with Gasteiger partial charge in [0.1, 0.15) is 11.6 Å². The minimum atomic E-state index is -1.11. The first kappa shape index (κ1) is 16.2. The van der Waals surface area contributed by atoms with Crippen LogP contribution in [0.5, 0.6) is 5.75 Å². The van der Waals surface area contributed by atoms with Crippen molar-refractivity contribution in [1.82, 2.24) is 4.90 Å². The van der Waals surface area contributed by atoms with Crippen LogP contribution >= 0.6 is 0 Å². The molecule has 3 nitrogen and oxygen atoms in total. The third-order valence-corrected chi connectivity index (χ3v) is 5.07. The molecule has 0 amide bonds. The van der Waals surface area contributed by atoms with Crippen LogP contribution in [0.25, 0.3) is 0 Å². The molecule has 4 heteroatoms. The number of halogens is 1. The minimum Gasteiger partial charge on any atom is -0.508 e. The summed E-state index contributed by atoms with van der Waals surface area (Å²) in [5.74, 6) is -0.240. The molecule has 1 fully saturated rings. The van der Waals surface area contributed by atoms with Gasteiger partial charge in [-0.1, -0.05) is 13.8 Å². The highest BCUT2D eigenvalue weighted by atomic mass is 19.1. The third kappa shape index (κ3) is 3.06. The molecule has 2 rings (SSSR count). The molecule has 4 unspecified atom stereocenters. The van der Waals surface area contributed by atoms with Gasteiger partial charge < -0.3 is 15.1 Å². The molecule has 0 spiro atoms. The topological polar surface area (TPSA) is 43.7 Å². The average molecular weight is 295 g/mol. The molecule has 1 aromatic carbocycles. The molecule has 1 aromatic rings. The number of aliphatic hydroxyl groups is 1. The lowest BCUT2D eigenvalue weighted by molar-refractivity contribution is -0.120. The predicted molar refractivity (Wildman–Crippen MR) is 81.6 cm³/mol. The first-order valence-electron chi connectivity index (χ1n) is 7.62. The van der Waals surface area contributed by atoms with E-state index >= 15 is 0 Å². The van der Waals surface area contributed by atoms with E-state index in [2.05, 4.69) is 11.8 Å². The van der Waals surface area contributed by atoms with Gasteiger partial charge in [-0.05, 0) is 56.5 Å². The number of phenols is 1. The van der Waals surface area contributed by atoms with Crippen molar-refractivity contribution in [1.29, 1.82) is 0 Å². The lowest BCUT2D eigenvalue weighted by Gasteiger charge is -2.49. The van der Waals surface area contributed by atoms with Crippen LogP contribution in [0.2, 0.25) is 0 Å². The van der Waals surface area contributed by atoms with Crippen LogP contribution in [0.4, 0.5) is 4.39 Å². The Balaban J connectivity index is 2.48. The Kier molecular flexibility index (Phi) is 4.59. The summed E-state index contributed by atoms with van der Waals surface area (Å²) in [5, 5.41) is 21.1. The molecule has 0 aromatic heterocycles. The van der Waals surface area contributed by atoms with Gasteiger partial charge in [0.05, 0.1) is 5.60 Å². The van der Waals surface area contributed by atoms with Gasteiger partial charge in [-0.2, -0.15) is 0 Å². The van der Waals surface area contributed by atoms with Crippen molar-refractivity contribution in [2.45, 2.75) is 32.3 Å². The summed E-state index contributed by atoms with van der Waals surface area (Å²) in [6.07, 6.45) is 1.96. The van der Waals surface area contributed by atoms with Gasteiger partial charge in [0.15, 0.2) is 0 Å². The molecule has 21 heavy (non-hydrogen) atoms. The zero-order valence-corrected chi connectivity index (χ0v) is 13.3. The van der Waals surface area contributed by atoms with Gasteiger partial charge in [-0.3, -0.25) is 0 Å². The molecule has 0 bridgehead atoms. The Morgan fingerprint density at radius 1 is 1.24 bits per heavy atom. The highest BCUT2D eigenvalue weighted by Gasteiger charge is 2.48. The zero-order valence-electron chi connectivity index (χ0n) is 13.3. The van der Waals surface area contributed by atoms with Crippen molar-refractivity contribution in [3.05, 3.63) is 29.6 Å². The Hall–Kier alpha value is -1.13. The summed E-state index contributed by atoms with van der Waals surface area (Å²) in [4.78, 5) is 2.05. The SMILES string of the molecule is CC1CCC(CN(C)C)C(O)(c2cc(O)cc(F)c2)C1C. The van der Waals surface area contributed by atoms with E-state index in [9.17, 15) is 14.6 Å². The minimum absolute atomic E-state index is 0.0115. The average Bonchev–Trinajstić information content (AvgIpc) is 2.38. The third-order valence-electron chi connectivity index (χ3n) is 5.07. The van der Waals surface area contributed by atoms with Crippen molar-refractivity contribution in [3.63, 3.8) is 0 Å². The Bertz CT molecular complexity index is 485. The largest absolute Gasteiger partial charge is 0.508 e. The molecule has 1 aliphatic carbocycles. The number of phenolic OH excluding ortho intramolecular Hbond substituents is 1. The molecule has 1 saturated carbocycles. The molecular formula is C17H26FNO2. The first-order chi connectivity index (χ1) is 9.75. The van der Waals surface area contributed by atoms with E-state index in [1.807, 2.05) is 21.0 Å². The maximum absolute atomic E-state index is 13.7. The maximum Gasteiger partial charge on any atom is 0.127 e. The van der Waals surface area contributed by atoms with E-state index in [4.69, 9.17) is 0 Å². The fraction of sp³-hybridized carbons (Fsp3) is 0.647. The Morgan fingerprint density at radius 3 is 2.48 bits per heavy atom. The van der Waals surface area contributed by atoms with E-state index in [1.54, 1.807) is 0 Å². The second kappa shape index (κ2) is 5.93. The predicted octanol–water partition coefficient (Wildman–Crippen LogP) is 2.96. The van der Waals surface area contributed by atoms with Gasteiger partial charge in [0, 0.05) is 18.5 Å². The van der Waals surface area contributed by atoms with Crippen LogP contribution < -0.4 is 0 Å². The Labute approximate surface area is 126 Å². The molecule has 118 valence electrons. The fourth-order valence-corrected chi connectivity index (χ4v) is 3.71. The van der Waals surface area contributed by atoms with Crippen LogP contribution in [-0.4, -0.2) is 35.8 Å². The number of benzene rings is 1. The lowest BCUT2D eigenvalue weighted by atomic mass is 9.62. The van der Waals surface area contributed by atoms with E-state index < -0.39 is 11.4 Å². The van der Waals surface area contributed by atoms with Crippen molar-refractivity contribution < 1.29 is 14.6 Å². The van der Waals surface area contributed by atoms with Crippen molar-refractivity contribution in [3.8, 4) is 5.75 Å². The summed E-state index contributed by atoms with van der Waals surface area (Å²) in [6, 6.07) is 3.93. The van der Waals surface area contributed by atoms with Crippen LogP contribution in [0.15, 0.2) is 18.2 Å². The molecule has 0 aliphatic heterocycles. The van der Waals surface area contributed by atoms with Crippen molar-refractivity contribution in [2.24, 2.45) is 17.8 Å². The maximum atomic E-state index is 13.7. The monoisotopic (exact) mass is 295 g/mol. The van der Waals surface area contributed by atoms with Crippen LogP contribution in [-0.2, 0) is 5.60 Å². The Morgan fingerprint density at radius 2 is 1.90 bits per heavy atom. The number of rotatable bonds is 3. The van der Waals surface area contributed by atoms with Crippen LogP contribution in [0.1, 0.15) is 32.3 Å². The van der Waals surface area contributed by atoms with Gasteiger partial charge in [-0.25, -0.2) is 4.39 Å². The van der Waals surface area contributed by atoms with Gasteiger partial charge in [-0.15, -0.1) is 0 Å². The zero-order chi connectivity index (χ0) is 15.8. The summed E-state index contributed by atoms with van der Waals surface area (Å²) in [5.41, 5.74) is -0.618. The van der Waals surface area contributed by atoms with E-state index in [0.717, 1.165) is 25.5 Å². The first-order valence-corrected chi connectivity index (χ1v) is 7.62. The highest BCUT2D eigenvalue weighted by molar-refractivity contribution is 5.34. The number of hydrogen-bond donors (Lipinski definition) is 2. The number of aromatic hydroxyl groups is 1. The van der Waals surface area contributed by atoms with Crippen LogP contribution in [0, 0.1) is 23.6 Å². The highest BCUT2D eigenvalue weighted by Crippen LogP contribution is 2.48. The van der Waals surface area contributed by atoms with Gasteiger partial charge >= 0.3 is 0 Å². The summed E-state index contributed by atoms with van der Waals surface area (Å²) in [6.45, 7) is 4.89. The quantitative estimate of drug-likeness (QED) is 0.901. The summed E-state index contributed by atoms with van der Waals surface area (Å²) in [7, 11) is 3.96. The normalized spacial score (nSPS) is 33.4. The van der Waals surface area contributed by atoms with Gasteiger partial charge in [0.2, 0.25) is 0 Å². The molecule has 0 saturated heterocycles. The van der Waals surface area contributed by atoms with E-state index in [0.29, 0.717) is 11.5 Å². The molecular weight excluding hydrogens is 269 g/mol. The second-order valence-electron chi connectivity index (χ2n) is 6.83. The standard InChI is InChI=1S/C17H26FNO2/c1-11-5-6-13(10-19(3)4)17(21,12(11)2)14-7-15(18)9-16(20)8-14/h7-9,11-13,20-21H,5-6,10H2,1-4H3. The van der Waals surface area contributed by atoms with E-state index in [1.165, 1.54) is 12.1 Å². The summed E-state index contributed by atoms with van der Waals surface area (Å²) >= 11 is 0. The molecule has 0 heterocycles.